The lowest BCUT2D eigenvalue weighted by Crippen LogP contribution is -2.14. The maximum absolute atomic E-state index is 11.1. The number of carbonyl (C=O) groups excluding carboxylic acids is 2. The average molecular weight is 189 g/mol. The van der Waals surface area contributed by atoms with Crippen molar-refractivity contribution in [3.05, 3.63) is 29.6 Å². The Morgan fingerprint density at radius 2 is 2.29 bits per heavy atom. The van der Waals surface area contributed by atoms with Gasteiger partial charge in [0.25, 0.3) is 5.91 Å². The van der Waals surface area contributed by atoms with E-state index in [9.17, 15) is 9.59 Å². The second kappa shape index (κ2) is 2.95. The molecule has 0 spiro atoms. The van der Waals surface area contributed by atoms with Gasteiger partial charge in [-0.1, -0.05) is 0 Å². The largest absolute Gasteiger partial charge is 0.366 e. The summed E-state index contributed by atoms with van der Waals surface area (Å²) in [6, 6.07) is 3.21. The average Bonchev–Trinajstić information content (AvgIpc) is 2.62. The van der Waals surface area contributed by atoms with E-state index in [1.807, 2.05) is 0 Å². The summed E-state index contributed by atoms with van der Waals surface area (Å²) in [5.74, 6) is -0.648. The van der Waals surface area contributed by atoms with Crippen LogP contribution >= 0.6 is 0 Å². The van der Waals surface area contributed by atoms with Crippen molar-refractivity contribution in [1.29, 1.82) is 0 Å². The molecule has 0 radical (unpaired) electrons. The number of aromatic nitrogens is 2. The zero-order chi connectivity index (χ0) is 10.1. The Bertz CT molecular complexity index is 516. The van der Waals surface area contributed by atoms with Crippen molar-refractivity contribution >= 4 is 23.2 Å². The first kappa shape index (κ1) is 8.43. The molecule has 0 saturated heterocycles. The Morgan fingerprint density at radius 3 is 2.93 bits per heavy atom. The summed E-state index contributed by atoms with van der Waals surface area (Å²) in [5.41, 5.74) is 6.71. The number of H-pyrrole nitrogens is 1. The minimum absolute atomic E-state index is 0.166. The lowest BCUT2D eigenvalue weighted by Gasteiger charge is -2.00. The van der Waals surface area contributed by atoms with Gasteiger partial charge in [-0.3, -0.25) is 9.59 Å². The first-order valence-corrected chi connectivity index (χ1v) is 3.95. The van der Waals surface area contributed by atoms with Crippen LogP contribution in [0.25, 0.3) is 11.0 Å². The third-order valence-electron chi connectivity index (χ3n) is 2.00. The van der Waals surface area contributed by atoms with Crippen molar-refractivity contribution in [3.63, 3.8) is 0 Å². The molecule has 2 aromatic rings. The van der Waals surface area contributed by atoms with E-state index in [4.69, 9.17) is 5.73 Å². The molecule has 0 aliphatic heterocycles. The number of hydrogen-bond acceptors (Lipinski definition) is 3. The minimum Gasteiger partial charge on any atom is -0.366 e. The fourth-order valence-electron chi connectivity index (χ4n) is 1.38. The Kier molecular flexibility index (Phi) is 1.78. The summed E-state index contributed by atoms with van der Waals surface area (Å²) in [7, 11) is 0. The molecule has 14 heavy (non-hydrogen) atoms. The highest BCUT2D eigenvalue weighted by Gasteiger charge is 2.13. The summed E-state index contributed by atoms with van der Waals surface area (Å²) in [6.07, 6.45) is 2.04. The fraction of sp³-hybridized carbons (Fsp3) is 0. The van der Waals surface area contributed by atoms with Gasteiger partial charge in [-0.15, -0.1) is 0 Å². The SMILES string of the molecule is NC(=O)c1c(C=O)ccc2[nH]cnc12. The predicted octanol–water partition coefficient (Wildman–Crippen LogP) is 0.474. The highest BCUT2D eigenvalue weighted by Crippen LogP contribution is 2.17. The second-order valence-corrected chi connectivity index (χ2v) is 2.81. The molecule has 0 saturated carbocycles. The summed E-state index contributed by atoms with van der Waals surface area (Å²) in [5, 5.41) is 0. The van der Waals surface area contributed by atoms with Gasteiger partial charge in [0, 0.05) is 5.56 Å². The normalized spacial score (nSPS) is 10.3. The number of rotatable bonds is 2. The number of benzene rings is 1. The van der Waals surface area contributed by atoms with Crippen molar-refractivity contribution in [2.24, 2.45) is 5.73 Å². The quantitative estimate of drug-likeness (QED) is 0.673. The number of amides is 1. The third kappa shape index (κ3) is 1.06. The van der Waals surface area contributed by atoms with Gasteiger partial charge in [0.05, 0.1) is 17.4 Å². The Hall–Kier alpha value is -2.17. The second-order valence-electron chi connectivity index (χ2n) is 2.81. The van der Waals surface area contributed by atoms with E-state index < -0.39 is 5.91 Å². The van der Waals surface area contributed by atoms with Crippen molar-refractivity contribution < 1.29 is 9.59 Å². The monoisotopic (exact) mass is 189 g/mol. The van der Waals surface area contributed by atoms with Gasteiger partial charge in [0.2, 0.25) is 0 Å². The van der Waals surface area contributed by atoms with E-state index >= 15 is 0 Å². The highest BCUT2D eigenvalue weighted by atomic mass is 16.1. The lowest BCUT2D eigenvalue weighted by molar-refractivity contribution is 0.0994. The summed E-state index contributed by atoms with van der Waals surface area (Å²) < 4.78 is 0. The van der Waals surface area contributed by atoms with Gasteiger partial charge in [0.1, 0.15) is 5.52 Å². The minimum atomic E-state index is -0.648. The topological polar surface area (TPSA) is 88.8 Å². The number of aromatic amines is 1. The molecule has 5 nitrogen and oxygen atoms in total. The van der Waals surface area contributed by atoms with Gasteiger partial charge in [0.15, 0.2) is 6.29 Å². The van der Waals surface area contributed by atoms with Crippen molar-refractivity contribution in [3.8, 4) is 0 Å². The zero-order valence-electron chi connectivity index (χ0n) is 7.15. The van der Waals surface area contributed by atoms with Crippen LogP contribution < -0.4 is 5.73 Å². The van der Waals surface area contributed by atoms with Crippen LogP contribution in [0.15, 0.2) is 18.5 Å². The number of nitrogens with zero attached hydrogens (tertiary/aromatic N) is 1. The summed E-state index contributed by atoms with van der Waals surface area (Å²) >= 11 is 0. The predicted molar refractivity (Wildman–Crippen MR) is 50.0 cm³/mol. The molecule has 3 N–H and O–H groups in total. The van der Waals surface area contributed by atoms with Crippen LogP contribution in [0.3, 0.4) is 0 Å². The number of aldehydes is 1. The molecule has 5 heteroatoms. The van der Waals surface area contributed by atoms with E-state index in [1.54, 1.807) is 6.07 Å². The molecule has 0 fully saturated rings. The molecule has 1 heterocycles. The van der Waals surface area contributed by atoms with Crippen molar-refractivity contribution in [2.45, 2.75) is 0 Å². The number of imidazole rings is 1. The van der Waals surface area contributed by atoms with E-state index in [-0.39, 0.29) is 11.1 Å². The standard InChI is InChI=1S/C9H7N3O2/c10-9(14)7-5(3-13)1-2-6-8(7)12-4-11-6/h1-4H,(H2,10,14)(H,11,12). The molecule has 2 rings (SSSR count). The van der Waals surface area contributed by atoms with Crippen LogP contribution in [0, 0.1) is 0 Å². The highest BCUT2D eigenvalue weighted by molar-refractivity contribution is 6.09. The molecule has 70 valence electrons. The molecule has 0 atom stereocenters. The van der Waals surface area contributed by atoms with Gasteiger partial charge in [-0.25, -0.2) is 4.98 Å². The Morgan fingerprint density at radius 1 is 1.50 bits per heavy atom. The van der Waals surface area contributed by atoms with E-state index in [1.165, 1.54) is 12.4 Å². The number of nitrogens with one attached hydrogen (secondary N) is 1. The molecule has 1 amide bonds. The molecule has 0 unspecified atom stereocenters. The van der Waals surface area contributed by atoms with Gasteiger partial charge < -0.3 is 10.7 Å². The van der Waals surface area contributed by atoms with Crippen LogP contribution in [0.4, 0.5) is 0 Å². The molecule has 0 aliphatic carbocycles. The number of hydrogen-bond donors (Lipinski definition) is 2. The van der Waals surface area contributed by atoms with E-state index in [0.717, 1.165) is 0 Å². The molecule has 1 aromatic heterocycles. The summed E-state index contributed by atoms with van der Waals surface area (Å²) in [4.78, 5) is 28.5. The van der Waals surface area contributed by atoms with Crippen LogP contribution in [0.5, 0.6) is 0 Å². The fourth-order valence-corrected chi connectivity index (χ4v) is 1.38. The van der Waals surface area contributed by atoms with Crippen molar-refractivity contribution in [2.75, 3.05) is 0 Å². The van der Waals surface area contributed by atoms with Gasteiger partial charge in [-0.05, 0) is 12.1 Å². The van der Waals surface area contributed by atoms with E-state index in [2.05, 4.69) is 9.97 Å². The summed E-state index contributed by atoms with van der Waals surface area (Å²) in [6.45, 7) is 0. The Balaban J connectivity index is 2.88. The number of fused-ring (bicyclic) bond motifs is 1. The number of nitrogens with two attached hydrogens (primary N) is 1. The smallest absolute Gasteiger partial charge is 0.251 e. The zero-order valence-corrected chi connectivity index (χ0v) is 7.15. The Labute approximate surface area is 78.9 Å². The first-order chi connectivity index (χ1) is 6.74. The molecule has 0 bridgehead atoms. The number of primary amides is 1. The number of carbonyl (C=O) groups is 2. The lowest BCUT2D eigenvalue weighted by atomic mass is 10.1. The molecular formula is C9H7N3O2. The maximum atomic E-state index is 11.1. The van der Waals surface area contributed by atoms with Crippen molar-refractivity contribution in [1.82, 2.24) is 9.97 Å². The van der Waals surface area contributed by atoms with Crippen LogP contribution in [0.1, 0.15) is 20.7 Å². The molecular weight excluding hydrogens is 182 g/mol. The third-order valence-corrected chi connectivity index (χ3v) is 2.00. The van der Waals surface area contributed by atoms with Gasteiger partial charge >= 0.3 is 0 Å². The van der Waals surface area contributed by atoms with Crippen LogP contribution in [-0.4, -0.2) is 22.2 Å². The maximum Gasteiger partial charge on any atom is 0.251 e. The molecule has 0 aliphatic rings. The van der Waals surface area contributed by atoms with Crippen LogP contribution in [0.2, 0.25) is 0 Å². The van der Waals surface area contributed by atoms with E-state index in [0.29, 0.717) is 17.3 Å². The molecule has 1 aromatic carbocycles. The van der Waals surface area contributed by atoms with Crippen LogP contribution in [-0.2, 0) is 0 Å². The van der Waals surface area contributed by atoms with Gasteiger partial charge in [-0.2, -0.15) is 0 Å². The first-order valence-electron chi connectivity index (χ1n) is 3.95.